The fraction of sp³-hybridized carbons (Fsp3) is 0.267. The number of rotatable bonds is 12. The van der Waals surface area contributed by atoms with Crippen molar-refractivity contribution in [3.8, 4) is 0 Å². The summed E-state index contributed by atoms with van der Waals surface area (Å²) in [6.07, 6.45) is 17.8. The van der Waals surface area contributed by atoms with E-state index in [1.807, 2.05) is 0 Å². The second-order valence-corrected chi connectivity index (χ2v) is 19.1. The third-order valence-corrected chi connectivity index (χ3v) is 17.8. The normalized spacial score (nSPS) is 13.4. The zero-order valence-corrected chi connectivity index (χ0v) is 22.3. The van der Waals surface area contributed by atoms with E-state index in [9.17, 15) is 0 Å². The zero-order chi connectivity index (χ0) is 22.6. The summed E-state index contributed by atoms with van der Waals surface area (Å²) < 4.78 is -2.62. The second-order valence-electron chi connectivity index (χ2n) is 8.34. The Balaban J connectivity index is 1.87. The molecule has 0 aromatic heterocycles. The summed E-state index contributed by atoms with van der Waals surface area (Å²) in [5.74, 6) is 0. The summed E-state index contributed by atoms with van der Waals surface area (Å²) >= 11 is 2.88. The molecule has 0 amide bonds. The van der Waals surface area contributed by atoms with Crippen LogP contribution in [0.1, 0.15) is 45.4 Å². The van der Waals surface area contributed by atoms with Crippen molar-refractivity contribution in [1.82, 2.24) is 0 Å². The first-order chi connectivity index (χ1) is 15.7. The first-order valence-corrected chi connectivity index (χ1v) is 17.1. The van der Waals surface area contributed by atoms with Crippen LogP contribution in [0, 0.1) is 0 Å². The van der Waals surface area contributed by atoms with E-state index in [4.69, 9.17) is 0 Å². The third-order valence-electron chi connectivity index (χ3n) is 6.16. The minimum absolute atomic E-state index is 1.09. The molecule has 0 heterocycles. The minimum atomic E-state index is -2.62. The topological polar surface area (TPSA) is 0 Å². The molecule has 0 spiro atoms. The maximum absolute atomic E-state index is 2.88. The van der Waals surface area contributed by atoms with Crippen molar-refractivity contribution in [3.05, 3.63) is 115 Å². The fourth-order valence-electron chi connectivity index (χ4n) is 4.41. The van der Waals surface area contributed by atoms with Crippen molar-refractivity contribution in [1.29, 1.82) is 0 Å². The first-order valence-electron chi connectivity index (χ1n) is 11.9. The van der Waals surface area contributed by atoms with Crippen LogP contribution in [-0.2, 0) is 0 Å². The Bertz CT molecular complexity index is 878. The van der Waals surface area contributed by atoms with Crippen molar-refractivity contribution in [3.63, 3.8) is 0 Å². The van der Waals surface area contributed by atoms with Crippen molar-refractivity contribution in [2.24, 2.45) is 0 Å². The van der Waals surface area contributed by atoms with Crippen LogP contribution in [0.4, 0.5) is 0 Å². The second kappa shape index (κ2) is 12.5. The average Bonchev–Trinajstić information content (AvgIpc) is 2.87. The molecule has 0 saturated heterocycles. The summed E-state index contributed by atoms with van der Waals surface area (Å²) in [5, 5.41) is 4.40. The molecular formula is C30H36IP. The summed E-state index contributed by atoms with van der Waals surface area (Å²) in [4.78, 5) is 0. The van der Waals surface area contributed by atoms with Gasteiger partial charge in [-0.15, -0.1) is 0 Å². The van der Waals surface area contributed by atoms with Crippen LogP contribution in [0.3, 0.4) is 0 Å². The molecule has 0 atom stereocenters. The molecule has 3 aromatic carbocycles. The van der Waals surface area contributed by atoms with Gasteiger partial charge in [-0.1, -0.05) is 0 Å². The van der Waals surface area contributed by atoms with E-state index in [1.54, 1.807) is 0 Å². The van der Waals surface area contributed by atoms with Crippen molar-refractivity contribution < 1.29 is 0 Å². The van der Waals surface area contributed by atoms with E-state index in [2.05, 4.69) is 144 Å². The van der Waals surface area contributed by atoms with Gasteiger partial charge in [0.05, 0.1) is 0 Å². The molecule has 0 fully saturated rings. The Morgan fingerprint density at radius 2 is 0.938 bits per heavy atom. The molecule has 2 heteroatoms. The van der Waals surface area contributed by atoms with E-state index in [0.717, 1.165) is 19.0 Å². The van der Waals surface area contributed by atoms with E-state index in [0.29, 0.717) is 0 Å². The Kier molecular flexibility index (Phi) is 9.75. The van der Waals surface area contributed by atoms with Gasteiger partial charge in [0.1, 0.15) is 0 Å². The van der Waals surface area contributed by atoms with Crippen LogP contribution in [-0.4, -0.2) is 6.16 Å². The molecule has 0 bridgehead atoms. The average molecular weight is 554 g/mol. The van der Waals surface area contributed by atoms with E-state index < -0.39 is 4.25 Å². The molecule has 0 N–H and O–H groups in total. The molecule has 168 valence electrons. The number of unbranched alkanes of at least 4 members (excludes halogenated alkanes) is 3. The number of halogens is 1. The van der Waals surface area contributed by atoms with Crippen molar-refractivity contribution in [2.45, 2.75) is 45.4 Å². The molecule has 0 unspecified atom stereocenters. The van der Waals surface area contributed by atoms with Crippen molar-refractivity contribution in [2.75, 3.05) is 6.16 Å². The van der Waals surface area contributed by atoms with Gasteiger partial charge in [-0.3, -0.25) is 0 Å². The number of hydrogen-bond acceptors (Lipinski definition) is 0. The third kappa shape index (κ3) is 5.80. The van der Waals surface area contributed by atoms with Crippen LogP contribution in [0.25, 0.3) is 0 Å². The van der Waals surface area contributed by atoms with Crippen molar-refractivity contribution >= 4 is 42.2 Å². The first kappa shape index (κ1) is 24.9. The van der Waals surface area contributed by atoms with Gasteiger partial charge in [0.2, 0.25) is 0 Å². The van der Waals surface area contributed by atoms with Gasteiger partial charge in [0, 0.05) is 0 Å². The number of benzene rings is 3. The Morgan fingerprint density at radius 3 is 1.34 bits per heavy atom. The van der Waals surface area contributed by atoms with Crippen LogP contribution in [0.15, 0.2) is 115 Å². The summed E-state index contributed by atoms with van der Waals surface area (Å²) in [6, 6.07) is 33.7. The predicted octanol–water partition coefficient (Wildman–Crippen LogP) is 8.34. The van der Waals surface area contributed by atoms with E-state index >= 15 is 0 Å². The Hall–Kier alpha value is -1.70. The molecule has 0 radical (unpaired) electrons. The summed E-state index contributed by atoms with van der Waals surface area (Å²) in [7, 11) is 0. The molecule has 0 aliphatic carbocycles. The molecule has 32 heavy (non-hydrogen) atoms. The molecule has 3 aromatic rings. The van der Waals surface area contributed by atoms with Gasteiger partial charge >= 0.3 is 209 Å². The molecular weight excluding hydrogens is 518 g/mol. The maximum atomic E-state index is 2.88. The molecule has 0 aliphatic heterocycles. The summed E-state index contributed by atoms with van der Waals surface area (Å²) in [5.41, 5.74) is 0. The molecule has 0 nitrogen and oxygen atoms in total. The van der Waals surface area contributed by atoms with Gasteiger partial charge in [0.15, 0.2) is 0 Å². The Morgan fingerprint density at radius 1 is 0.562 bits per heavy atom. The fourth-order valence-corrected chi connectivity index (χ4v) is 12.8. The van der Waals surface area contributed by atoms with Gasteiger partial charge < -0.3 is 0 Å². The standard InChI is InChI=1S/C30H36IP/c1-2-3-4-5-6-7-8-9-10-20-27-32(31,28-21-14-11-15-22-28,29-23-16-12-17-24-29)30-25-18-13-19-26-30/h3-4,9-19,21-26H,2,5-8,20,27H2,1H3/b4-3-,10-9-. The van der Waals surface area contributed by atoms with Crippen LogP contribution in [0.5, 0.6) is 0 Å². The van der Waals surface area contributed by atoms with Gasteiger partial charge in [-0.25, -0.2) is 0 Å². The van der Waals surface area contributed by atoms with Gasteiger partial charge in [0.25, 0.3) is 0 Å². The van der Waals surface area contributed by atoms with E-state index in [-0.39, 0.29) is 0 Å². The van der Waals surface area contributed by atoms with Crippen LogP contribution >= 0.6 is 26.3 Å². The Labute approximate surface area is 208 Å². The summed E-state index contributed by atoms with van der Waals surface area (Å²) in [6.45, 7) is 2.20. The van der Waals surface area contributed by atoms with Crippen LogP contribution < -0.4 is 15.9 Å². The quantitative estimate of drug-likeness (QED) is 0.0914. The number of hydrogen-bond donors (Lipinski definition) is 0. The molecule has 0 aliphatic rings. The van der Waals surface area contributed by atoms with E-state index in [1.165, 1.54) is 41.6 Å². The molecule has 0 saturated carbocycles. The molecule has 3 rings (SSSR count). The number of allylic oxidation sites excluding steroid dienone is 4. The monoisotopic (exact) mass is 554 g/mol. The van der Waals surface area contributed by atoms with Crippen LogP contribution in [0.2, 0.25) is 0 Å². The van der Waals surface area contributed by atoms with Gasteiger partial charge in [-0.05, 0) is 0 Å². The van der Waals surface area contributed by atoms with Gasteiger partial charge in [-0.2, -0.15) is 0 Å². The predicted molar refractivity (Wildman–Crippen MR) is 156 cm³/mol. The zero-order valence-electron chi connectivity index (χ0n) is 19.2. The SMILES string of the molecule is CC/C=C\CCCC/C=C\CCP(I)(c1ccccc1)(c1ccccc1)c1ccccc1.